The number of hydrogen-bond donors (Lipinski definition) is 2. The third-order valence-corrected chi connectivity index (χ3v) is 7.13. The van der Waals surface area contributed by atoms with Crippen molar-refractivity contribution in [3.8, 4) is 11.8 Å². The van der Waals surface area contributed by atoms with Crippen LogP contribution in [0.15, 0.2) is 61.2 Å². The first kappa shape index (κ1) is 28.0. The van der Waals surface area contributed by atoms with Crippen molar-refractivity contribution in [3.05, 3.63) is 89.0 Å². The number of nitrogens with one attached hydrogen (secondary N) is 1. The van der Waals surface area contributed by atoms with Crippen molar-refractivity contribution in [1.82, 2.24) is 24.8 Å². The third-order valence-electron chi connectivity index (χ3n) is 7.13. The van der Waals surface area contributed by atoms with Gasteiger partial charge in [-0.15, -0.1) is 0 Å². The number of hydrogen-bond acceptors (Lipinski definition) is 7. The predicted molar refractivity (Wildman–Crippen MR) is 151 cm³/mol. The summed E-state index contributed by atoms with van der Waals surface area (Å²) in [4.78, 5) is 29.6. The summed E-state index contributed by atoms with van der Waals surface area (Å²) in [6.07, 6.45) is 1.41. The molecule has 210 valence electrons. The van der Waals surface area contributed by atoms with E-state index in [-0.39, 0.29) is 29.4 Å². The minimum Gasteiger partial charge on any atom is -0.382 e. The smallest absolute Gasteiger partial charge is 0.382 e. The first-order valence-corrected chi connectivity index (χ1v) is 13.0. The van der Waals surface area contributed by atoms with Gasteiger partial charge in [0.05, 0.1) is 16.7 Å². The Labute approximate surface area is 235 Å². The quantitative estimate of drug-likeness (QED) is 0.357. The van der Waals surface area contributed by atoms with Crippen LogP contribution in [0.5, 0.6) is 0 Å². The van der Waals surface area contributed by atoms with Crippen LogP contribution in [-0.2, 0) is 12.7 Å². The van der Waals surface area contributed by atoms with Gasteiger partial charge in [-0.1, -0.05) is 17.9 Å². The van der Waals surface area contributed by atoms with Crippen molar-refractivity contribution in [1.29, 1.82) is 0 Å². The Morgan fingerprint density at radius 2 is 1.95 bits per heavy atom. The van der Waals surface area contributed by atoms with Crippen LogP contribution in [-0.4, -0.2) is 63.4 Å². The Hall–Kier alpha value is -4.53. The lowest BCUT2D eigenvalue weighted by Gasteiger charge is -2.38. The number of carbonyl (C=O) groups excluding carboxylic acids is 1. The molecule has 1 saturated heterocycles. The molecular weight excluding hydrogens is 531 g/mol. The molecule has 1 aliphatic rings. The van der Waals surface area contributed by atoms with Crippen LogP contribution in [0.2, 0.25) is 0 Å². The van der Waals surface area contributed by atoms with Crippen molar-refractivity contribution < 1.29 is 18.0 Å². The Kier molecular flexibility index (Phi) is 7.88. The molecule has 41 heavy (non-hydrogen) atoms. The molecule has 0 spiro atoms. The standard InChI is InChI=1S/C30H28F3N7O/c1-19-17-40(11-10-39(19)2)18-22-7-8-24(13-26(22)30(31,32)33)38-29(41)23-12-20(14-35-15-23)5-6-21-16-37-28(34)27-25(21)4-3-9-36-27/h3-4,7-9,12-16,19H,10-11,17-18H2,1-2H3,(H2,34,37)(H,38,41)/t19-/m1/s1. The molecule has 4 aromatic rings. The van der Waals surface area contributed by atoms with Gasteiger partial charge in [-0.25, -0.2) is 4.98 Å². The van der Waals surface area contributed by atoms with E-state index in [1.807, 2.05) is 18.0 Å². The fourth-order valence-electron chi connectivity index (χ4n) is 4.73. The van der Waals surface area contributed by atoms with E-state index in [0.29, 0.717) is 35.6 Å². The molecule has 1 amide bonds. The molecule has 8 nitrogen and oxygen atoms in total. The highest BCUT2D eigenvalue weighted by Crippen LogP contribution is 2.35. The van der Waals surface area contributed by atoms with E-state index in [2.05, 4.69) is 43.9 Å². The van der Waals surface area contributed by atoms with Crippen LogP contribution in [0.25, 0.3) is 10.9 Å². The zero-order valence-electron chi connectivity index (χ0n) is 22.5. The summed E-state index contributed by atoms with van der Waals surface area (Å²) in [6, 6.07) is 9.28. The van der Waals surface area contributed by atoms with Crippen molar-refractivity contribution >= 4 is 28.3 Å². The van der Waals surface area contributed by atoms with Gasteiger partial charge in [0, 0.05) is 73.6 Å². The van der Waals surface area contributed by atoms with Crippen LogP contribution in [0.1, 0.15) is 39.5 Å². The van der Waals surface area contributed by atoms with E-state index >= 15 is 0 Å². The molecule has 0 saturated carbocycles. The van der Waals surface area contributed by atoms with Crippen molar-refractivity contribution in [2.45, 2.75) is 25.7 Å². The first-order chi connectivity index (χ1) is 19.6. The minimum absolute atomic E-state index is 0.0428. The number of halogens is 3. The molecule has 1 atom stereocenters. The fraction of sp³-hybridized carbons (Fsp3) is 0.267. The number of pyridine rings is 3. The molecule has 0 aliphatic carbocycles. The van der Waals surface area contributed by atoms with Crippen molar-refractivity contribution in [3.63, 3.8) is 0 Å². The SMILES string of the molecule is C[C@@H]1CN(Cc2ccc(NC(=O)c3cncc(C#Cc4cnc(N)c5ncccc45)c3)cc2C(F)(F)F)CCN1C. The monoisotopic (exact) mass is 559 g/mol. The van der Waals surface area contributed by atoms with Crippen LogP contribution in [0.4, 0.5) is 24.7 Å². The molecule has 1 aromatic carbocycles. The molecule has 0 unspecified atom stereocenters. The lowest BCUT2D eigenvalue weighted by Crippen LogP contribution is -2.49. The molecule has 0 bridgehead atoms. The van der Waals surface area contributed by atoms with Crippen LogP contribution < -0.4 is 11.1 Å². The second kappa shape index (κ2) is 11.5. The number of anilines is 2. The van der Waals surface area contributed by atoms with Crippen LogP contribution in [0, 0.1) is 11.8 Å². The summed E-state index contributed by atoms with van der Waals surface area (Å²) in [5.41, 5.74) is 7.08. The molecule has 1 fully saturated rings. The zero-order valence-corrected chi connectivity index (χ0v) is 22.5. The van der Waals surface area contributed by atoms with Gasteiger partial charge in [-0.05, 0) is 49.9 Å². The van der Waals surface area contributed by atoms with E-state index < -0.39 is 17.6 Å². The Morgan fingerprint density at radius 1 is 1.12 bits per heavy atom. The largest absolute Gasteiger partial charge is 0.416 e. The number of amides is 1. The second-order valence-corrected chi connectivity index (χ2v) is 10.1. The highest BCUT2D eigenvalue weighted by molar-refractivity contribution is 6.04. The fourth-order valence-corrected chi connectivity index (χ4v) is 4.73. The molecule has 11 heteroatoms. The van der Waals surface area contributed by atoms with Crippen molar-refractivity contribution in [2.75, 3.05) is 37.7 Å². The molecule has 3 aromatic heterocycles. The van der Waals surface area contributed by atoms with Gasteiger partial charge in [0.25, 0.3) is 5.91 Å². The van der Waals surface area contributed by atoms with Gasteiger partial charge in [0.1, 0.15) is 11.3 Å². The normalized spacial score (nSPS) is 16.3. The number of nitrogens with two attached hydrogens (primary N) is 1. The Balaban J connectivity index is 1.34. The van der Waals surface area contributed by atoms with Gasteiger partial charge in [-0.2, -0.15) is 13.2 Å². The number of rotatable bonds is 4. The lowest BCUT2D eigenvalue weighted by atomic mass is 10.0. The Morgan fingerprint density at radius 3 is 2.73 bits per heavy atom. The number of benzene rings is 1. The summed E-state index contributed by atoms with van der Waals surface area (Å²) < 4.78 is 42.0. The van der Waals surface area contributed by atoms with E-state index in [9.17, 15) is 18.0 Å². The Bertz CT molecular complexity index is 1660. The summed E-state index contributed by atoms with van der Waals surface area (Å²) in [6.45, 7) is 4.39. The highest BCUT2D eigenvalue weighted by atomic mass is 19.4. The number of aromatic nitrogens is 3. The average molecular weight is 560 g/mol. The third kappa shape index (κ3) is 6.45. The summed E-state index contributed by atoms with van der Waals surface area (Å²) >= 11 is 0. The van der Waals surface area contributed by atoms with Crippen LogP contribution in [0.3, 0.4) is 0 Å². The summed E-state index contributed by atoms with van der Waals surface area (Å²) in [7, 11) is 2.01. The molecule has 3 N–H and O–H groups in total. The molecule has 1 aliphatic heterocycles. The number of alkyl halides is 3. The molecule has 5 rings (SSSR count). The molecule has 0 radical (unpaired) electrons. The number of nitrogen functional groups attached to an aromatic ring is 1. The maximum Gasteiger partial charge on any atom is 0.416 e. The lowest BCUT2D eigenvalue weighted by molar-refractivity contribution is -0.138. The maximum absolute atomic E-state index is 14.0. The van der Waals surface area contributed by atoms with Crippen LogP contribution >= 0.6 is 0 Å². The summed E-state index contributed by atoms with van der Waals surface area (Å²) in [5, 5.41) is 3.30. The van der Waals surface area contributed by atoms with Crippen molar-refractivity contribution in [2.24, 2.45) is 0 Å². The number of nitrogens with zero attached hydrogens (tertiary/aromatic N) is 5. The average Bonchev–Trinajstić information content (AvgIpc) is 2.95. The summed E-state index contributed by atoms with van der Waals surface area (Å²) in [5.74, 6) is 5.65. The molecule has 4 heterocycles. The van der Waals surface area contributed by atoms with E-state index in [4.69, 9.17) is 5.73 Å². The topological polar surface area (TPSA) is 100 Å². The van der Waals surface area contributed by atoms with E-state index in [1.165, 1.54) is 30.6 Å². The number of fused-ring (bicyclic) bond motifs is 1. The number of carbonyl (C=O) groups is 1. The van der Waals surface area contributed by atoms with Gasteiger partial charge in [-0.3, -0.25) is 19.7 Å². The minimum atomic E-state index is -4.57. The molecular formula is C30H28F3N7O. The van der Waals surface area contributed by atoms with E-state index in [1.54, 1.807) is 18.5 Å². The highest BCUT2D eigenvalue weighted by Gasteiger charge is 2.34. The zero-order chi connectivity index (χ0) is 29.1. The maximum atomic E-state index is 14.0. The number of likely N-dealkylation sites (N-methyl/N-ethyl adjacent to an activating group) is 1. The predicted octanol–water partition coefficient (Wildman–Crippen LogP) is 4.41. The second-order valence-electron chi connectivity index (χ2n) is 10.1. The first-order valence-electron chi connectivity index (χ1n) is 13.0. The van der Waals surface area contributed by atoms with Gasteiger partial charge in [0.2, 0.25) is 0 Å². The van der Waals surface area contributed by atoms with Gasteiger partial charge >= 0.3 is 6.18 Å². The number of piperazine rings is 1. The van der Waals surface area contributed by atoms with Gasteiger partial charge < -0.3 is 16.0 Å². The van der Waals surface area contributed by atoms with Gasteiger partial charge in [0.15, 0.2) is 0 Å². The van der Waals surface area contributed by atoms with E-state index in [0.717, 1.165) is 18.0 Å².